The minimum absolute atomic E-state index is 0.257. The Kier molecular flexibility index (Phi) is 3.28. The first kappa shape index (κ1) is 11.5. The molecule has 1 atom stereocenters. The average molecular weight is 253 g/mol. The van der Waals surface area contributed by atoms with Crippen LogP contribution in [0.2, 0.25) is 0 Å². The van der Waals surface area contributed by atoms with Gasteiger partial charge in [0.05, 0.1) is 6.04 Å². The smallest absolute Gasteiger partial charge is 0.282 e. The first-order valence-corrected chi connectivity index (χ1v) is 5.69. The molecule has 17 heavy (non-hydrogen) atoms. The number of amides is 1. The molecule has 0 spiro atoms. The zero-order chi connectivity index (χ0) is 12.3. The normalized spacial score (nSPS) is 12.1. The van der Waals surface area contributed by atoms with E-state index in [0.717, 1.165) is 0 Å². The summed E-state index contributed by atoms with van der Waals surface area (Å²) < 4.78 is 0. The van der Waals surface area contributed by atoms with Crippen LogP contribution in [0.4, 0.5) is 5.13 Å². The fourth-order valence-corrected chi connectivity index (χ4v) is 1.77. The van der Waals surface area contributed by atoms with Crippen molar-refractivity contribution >= 4 is 22.4 Å². The number of anilines is 1. The van der Waals surface area contributed by atoms with Crippen molar-refractivity contribution in [2.75, 3.05) is 12.4 Å². The Hall–Kier alpha value is -2.03. The van der Waals surface area contributed by atoms with Gasteiger partial charge >= 0.3 is 0 Å². The van der Waals surface area contributed by atoms with Crippen LogP contribution in [0.15, 0.2) is 6.33 Å². The second-order valence-electron chi connectivity index (χ2n) is 3.23. The molecular weight excluding hydrogens is 242 g/mol. The molecule has 2 heterocycles. The van der Waals surface area contributed by atoms with Crippen LogP contribution >= 0.6 is 11.3 Å². The molecule has 0 radical (unpaired) electrons. The second-order valence-corrected chi connectivity index (χ2v) is 4.21. The van der Waals surface area contributed by atoms with Gasteiger partial charge < -0.3 is 10.6 Å². The van der Waals surface area contributed by atoms with Crippen LogP contribution in [0, 0.1) is 0 Å². The Morgan fingerprint density at radius 1 is 1.53 bits per heavy atom. The van der Waals surface area contributed by atoms with Crippen molar-refractivity contribution < 1.29 is 4.79 Å². The van der Waals surface area contributed by atoms with Crippen LogP contribution in [0.25, 0.3) is 0 Å². The van der Waals surface area contributed by atoms with Gasteiger partial charge in [-0.1, -0.05) is 11.3 Å². The number of hydrogen-bond acceptors (Lipinski definition) is 7. The van der Waals surface area contributed by atoms with Gasteiger partial charge in [0, 0.05) is 7.05 Å². The quantitative estimate of drug-likeness (QED) is 0.717. The third-order valence-electron chi connectivity index (χ3n) is 2.02. The van der Waals surface area contributed by atoms with Crippen LogP contribution in [0.5, 0.6) is 0 Å². The molecule has 9 heteroatoms. The minimum Gasteiger partial charge on any atom is -0.363 e. The first-order chi connectivity index (χ1) is 8.20. The summed E-state index contributed by atoms with van der Waals surface area (Å²) in [5, 5.41) is 20.4. The monoisotopic (exact) mass is 253 g/mol. The van der Waals surface area contributed by atoms with E-state index in [1.807, 2.05) is 0 Å². The summed E-state index contributed by atoms with van der Waals surface area (Å²) in [6, 6.07) is -0.257. The van der Waals surface area contributed by atoms with Crippen LogP contribution in [-0.4, -0.2) is 38.3 Å². The Morgan fingerprint density at radius 3 is 2.94 bits per heavy atom. The fourth-order valence-electron chi connectivity index (χ4n) is 1.17. The van der Waals surface area contributed by atoms with E-state index < -0.39 is 0 Å². The molecule has 1 unspecified atom stereocenters. The third-order valence-corrected chi connectivity index (χ3v) is 2.96. The number of H-pyrrole nitrogens is 1. The van der Waals surface area contributed by atoms with E-state index in [0.29, 0.717) is 16.0 Å². The summed E-state index contributed by atoms with van der Waals surface area (Å²) in [5.74, 6) is 0.310. The topological polar surface area (TPSA) is 108 Å². The highest BCUT2D eigenvalue weighted by Gasteiger charge is 2.16. The number of nitrogens with zero attached hydrogens (tertiary/aromatic N) is 4. The number of aromatic nitrogens is 5. The molecule has 0 saturated carbocycles. The maximum atomic E-state index is 11.8. The molecule has 90 valence electrons. The van der Waals surface area contributed by atoms with Gasteiger partial charge in [0.1, 0.15) is 12.2 Å². The summed E-state index contributed by atoms with van der Waals surface area (Å²) in [6.45, 7) is 1.80. The van der Waals surface area contributed by atoms with Gasteiger partial charge in [0.25, 0.3) is 5.91 Å². The molecule has 0 aliphatic rings. The molecule has 2 aromatic heterocycles. The SMILES string of the molecule is CNc1nnc(C(=O)NC(C)c2ncn[nH]2)s1. The van der Waals surface area contributed by atoms with E-state index >= 15 is 0 Å². The number of carbonyl (C=O) groups is 1. The molecule has 1 amide bonds. The van der Waals surface area contributed by atoms with Crippen LogP contribution in [0.1, 0.15) is 28.6 Å². The van der Waals surface area contributed by atoms with Gasteiger partial charge in [0.2, 0.25) is 10.1 Å². The van der Waals surface area contributed by atoms with Gasteiger partial charge in [-0.05, 0) is 6.92 Å². The van der Waals surface area contributed by atoms with Crippen molar-refractivity contribution in [2.24, 2.45) is 0 Å². The summed E-state index contributed by atoms with van der Waals surface area (Å²) >= 11 is 1.19. The number of hydrogen-bond donors (Lipinski definition) is 3. The number of carbonyl (C=O) groups excluding carboxylic acids is 1. The Labute approximate surface area is 101 Å². The molecule has 0 aliphatic carbocycles. The molecule has 0 saturated heterocycles. The highest BCUT2D eigenvalue weighted by Crippen LogP contribution is 2.15. The van der Waals surface area contributed by atoms with Gasteiger partial charge in [-0.2, -0.15) is 5.10 Å². The number of aromatic amines is 1. The lowest BCUT2D eigenvalue weighted by atomic mass is 10.3. The minimum atomic E-state index is -0.284. The highest BCUT2D eigenvalue weighted by atomic mass is 32.1. The fraction of sp³-hybridized carbons (Fsp3) is 0.375. The predicted molar refractivity (Wildman–Crippen MR) is 61.7 cm³/mol. The van der Waals surface area contributed by atoms with Gasteiger partial charge in [-0.3, -0.25) is 9.89 Å². The van der Waals surface area contributed by atoms with E-state index in [9.17, 15) is 4.79 Å². The number of nitrogens with one attached hydrogen (secondary N) is 3. The summed E-state index contributed by atoms with van der Waals surface area (Å²) in [6.07, 6.45) is 1.39. The number of rotatable bonds is 4. The molecule has 8 nitrogen and oxygen atoms in total. The summed E-state index contributed by atoms with van der Waals surface area (Å²) in [4.78, 5) is 15.7. The lowest BCUT2D eigenvalue weighted by Gasteiger charge is -2.08. The molecule has 0 aromatic carbocycles. The molecule has 0 fully saturated rings. The molecular formula is C8H11N7OS. The zero-order valence-electron chi connectivity index (χ0n) is 9.26. The van der Waals surface area contributed by atoms with Crippen molar-refractivity contribution in [3.05, 3.63) is 17.2 Å². The summed E-state index contributed by atoms with van der Waals surface area (Å²) in [5.41, 5.74) is 0. The van der Waals surface area contributed by atoms with E-state index in [1.54, 1.807) is 14.0 Å². The maximum Gasteiger partial charge on any atom is 0.282 e. The molecule has 2 aromatic rings. The first-order valence-electron chi connectivity index (χ1n) is 4.88. The van der Waals surface area contributed by atoms with E-state index in [-0.39, 0.29) is 11.9 Å². The Bertz CT molecular complexity index is 494. The third kappa shape index (κ3) is 2.56. The van der Waals surface area contributed by atoms with Crippen LogP contribution in [-0.2, 0) is 0 Å². The largest absolute Gasteiger partial charge is 0.363 e. The van der Waals surface area contributed by atoms with Crippen molar-refractivity contribution in [2.45, 2.75) is 13.0 Å². The van der Waals surface area contributed by atoms with E-state index in [4.69, 9.17) is 0 Å². The molecule has 0 bridgehead atoms. The molecule has 0 aliphatic heterocycles. The van der Waals surface area contributed by atoms with Crippen molar-refractivity contribution in [1.82, 2.24) is 30.7 Å². The molecule has 2 rings (SSSR count). The average Bonchev–Trinajstić information content (AvgIpc) is 3.00. The zero-order valence-corrected chi connectivity index (χ0v) is 10.1. The highest BCUT2D eigenvalue weighted by molar-refractivity contribution is 7.17. The lowest BCUT2D eigenvalue weighted by Crippen LogP contribution is -2.27. The van der Waals surface area contributed by atoms with Crippen LogP contribution in [0.3, 0.4) is 0 Å². The van der Waals surface area contributed by atoms with Gasteiger partial charge in [0.15, 0.2) is 0 Å². The van der Waals surface area contributed by atoms with Crippen molar-refractivity contribution in [3.63, 3.8) is 0 Å². The Balaban J connectivity index is 2.01. The standard InChI is InChI=1S/C8H11N7OS/c1-4(5-10-3-11-13-5)12-6(16)7-14-15-8(9-2)17-7/h3-4H,1-2H3,(H,9,15)(H,12,16)(H,10,11,13). The van der Waals surface area contributed by atoms with E-state index in [2.05, 4.69) is 36.0 Å². The van der Waals surface area contributed by atoms with Crippen LogP contribution < -0.4 is 10.6 Å². The van der Waals surface area contributed by atoms with Crippen molar-refractivity contribution in [1.29, 1.82) is 0 Å². The van der Waals surface area contributed by atoms with Gasteiger partial charge in [-0.25, -0.2) is 4.98 Å². The second kappa shape index (κ2) is 4.87. The van der Waals surface area contributed by atoms with Gasteiger partial charge in [-0.15, -0.1) is 10.2 Å². The lowest BCUT2D eigenvalue weighted by molar-refractivity contribution is 0.0937. The summed E-state index contributed by atoms with van der Waals surface area (Å²) in [7, 11) is 1.72. The molecule has 3 N–H and O–H groups in total. The maximum absolute atomic E-state index is 11.8. The van der Waals surface area contributed by atoms with E-state index in [1.165, 1.54) is 17.7 Å². The predicted octanol–water partition coefficient (Wildman–Crippen LogP) is 0.189. The van der Waals surface area contributed by atoms with Crippen molar-refractivity contribution in [3.8, 4) is 0 Å². The Morgan fingerprint density at radius 2 is 2.35 bits per heavy atom.